The molecule has 3 N–H and O–H groups in total. The van der Waals surface area contributed by atoms with Gasteiger partial charge in [-0.25, -0.2) is 0 Å². The van der Waals surface area contributed by atoms with E-state index in [1.807, 2.05) is 24.4 Å². The van der Waals surface area contributed by atoms with Crippen LogP contribution in [0, 0.1) is 0 Å². The standard InChI is InChI=1S/C10H13N5OS/c1-2-16-10-14-8(11)13-9(15-10)12-6-7-4-3-5-17-7/h3-5H,2,6H2,1H3,(H3,11,12,13,14,15). The number of nitrogen functional groups attached to an aromatic ring is 1. The van der Waals surface area contributed by atoms with Crippen molar-refractivity contribution in [3.05, 3.63) is 22.4 Å². The van der Waals surface area contributed by atoms with Crippen molar-refractivity contribution in [1.82, 2.24) is 15.0 Å². The molecular weight excluding hydrogens is 238 g/mol. The van der Waals surface area contributed by atoms with Gasteiger partial charge in [0.1, 0.15) is 0 Å². The highest BCUT2D eigenvalue weighted by atomic mass is 32.1. The van der Waals surface area contributed by atoms with Crippen molar-refractivity contribution >= 4 is 23.2 Å². The minimum Gasteiger partial charge on any atom is -0.464 e. The maximum atomic E-state index is 5.56. The van der Waals surface area contributed by atoms with Crippen molar-refractivity contribution in [3.8, 4) is 6.01 Å². The monoisotopic (exact) mass is 251 g/mol. The van der Waals surface area contributed by atoms with Gasteiger partial charge in [-0.2, -0.15) is 15.0 Å². The Morgan fingerprint density at radius 1 is 1.41 bits per heavy atom. The van der Waals surface area contributed by atoms with Crippen molar-refractivity contribution in [2.75, 3.05) is 17.7 Å². The van der Waals surface area contributed by atoms with Crippen LogP contribution in [-0.4, -0.2) is 21.6 Å². The molecule has 90 valence electrons. The summed E-state index contributed by atoms with van der Waals surface area (Å²) in [7, 11) is 0. The SMILES string of the molecule is CCOc1nc(N)nc(NCc2cccs2)n1. The zero-order chi connectivity index (χ0) is 12.1. The molecule has 2 aromatic rings. The molecule has 0 fully saturated rings. The predicted octanol–water partition coefficient (Wildman–Crippen LogP) is 1.53. The van der Waals surface area contributed by atoms with Gasteiger partial charge in [0.2, 0.25) is 11.9 Å². The maximum absolute atomic E-state index is 5.56. The van der Waals surface area contributed by atoms with Gasteiger partial charge in [0, 0.05) is 4.88 Å². The van der Waals surface area contributed by atoms with Gasteiger partial charge in [0.05, 0.1) is 13.2 Å². The van der Waals surface area contributed by atoms with Gasteiger partial charge in [0.25, 0.3) is 0 Å². The summed E-state index contributed by atoms with van der Waals surface area (Å²) >= 11 is 1.66. The highest BCUT2D eigenvalue weighted by molar-refractivity contribution is 7.09. The summed E-state index contributed by atoms with van der Waals surface area (Å²) in [4.78, 5) is 13.1. The lowest BCUT2D eigenvalue weighted by Crippen LogP contribution is -2.08. The zero-order valence-corrected chi connectivity index (χ0v) is 10.2. The molecule has 17 heavy (non-hydrogen) atoms. The Labute approximate surface area is 103 Å². The smallest absolute Gasteiger partial charge is 0.323 e. The molecule has 0 amide bonds. The van der Waals surface area contributed by atoms with Crippen LogP contribution in [0.4, 0.5) is 11.9 Å². The van der Waals surface area contributed by atoms with Crippen LogP contribution in [-0.2, 0) is 6.54 Å². The predicted molar refractivity (Wildman–Crippen MR) is 67.1 cm³/mol. The number of hydrogen-bond donors (Lipinski definition) is 2. The first-order valence-corrected chi connectivity index (χ1v) is 6.06. The lowest BCUT2D eigenvalue weighted by Gasteiger charge is -2.06. The molecule has 6 nitrogen and oxygen atoms in total. The lowest BCUT2D eigenvalue weighted by molar-refractivity contribution is 0.312. The first-order chi connectivity index (χ1) is 8.28. The minimum absolute atomic E-state index is 0.150. The molecular formula is C10H13N5OS. The van der Waals surface area contributed by atoms with Gasteiger partial charge in [-0.1, -0.05) is 6.07 Å². The number of thiophene rings is 1. The topological polar surface area (TPSA) is 86.0 Å². The quantitative estimate of drug-likeness (QED) is 0.838. The Hall–Kier alpha value is -1.89. The maximum Gasteiger partial charge on any atom is 0.323 e. The van der Waals surface area contributed by atoms with Crippen molar-refractivity contribution in [2.45, 2.75) is 13.5 Å². The molecule has 0 spiro atoms. The molecule has 0 atom stereocenters. The number of aromatic nitrogens is 3. The van der Waals surface area contributed by atoms with Gasteiger partial charge in [0.15, 0.2) is 0 Å². The van der Waals surface area contributed by atoms with E-state index in [4.69, 9.17) is 10.5 Å². The average molecular weight is 251 g/mol. The summed E-state index contributed by atoms with van der Waals surface area (Å²) in [5.41, 5.74) is 5.56. The molecule has 0 saturated carbocycles. The zero-order valence-electron chi connectivity index (χ0n) is 9.38. The molecule has 2 heterocycles. The molecule has 0 aliphatic heterocycles. The van der Waals surface area contributed by atoms with E-state index in [2.05, 4.69) is 20.3 Å². The number of rotatable bonds is 5. The van der Waals surface area contributed by atoms with Crippen LogP contribution in [0.2, 0.25) is 0 Å². The van der Waals surface area contributed by atoms with Crippen LogP contribution in [0.15, 0.2) is 17.5 Å². The summed E-state index contributed by atoms with van der Waals surface area (Å²) in [5, 5.41) is 5.09. The Morgan fingerprint density at radius 3 is 3.00 bits per heavy atom. The Bertz CT molecular complexity index is 474. The molecule has 0 saturated heterocycles. The van der Waals surface area contributed by atoms with Crippen molar-refractivity contribution in [1.29, 1.82) is 0 Å². The molecule has 0 unspecified atom stereocenters. The lowest BCUT2D eigenvalue weighted by atomic mass is 10.5. The highest BCUT2D eigenvalue weighted by Crippen LogP contribution is 2.12. The summed E-state index contributed by atoms with van der Waals surface area (Å²) in [6.07, 6.45) is 0. The van der Waals surface area contributed by atoms with Crippen molar-refractivity contribution < 1.29 is 4.74 Å². The first-order valence-electron chi connectivity index (χ1n) is 5.18. The van der Waals surface area contributed by atoms with Crippen molar-refractivity contribution in [2.24, 2.45) is 0 Å². The van der Waals surface area contributed by atoms with Crippen LogP contribution in [0.25, 0.3) is 0 Å². The fraction of sp³-hybridized carbons (Fsp3) is 0.300. The molecule has 0 aliphatic carbocycles. The third kappa shape index (κ3) is 3.28. The molecule has 2 aromatic heterocycles. The van der Waals surface area contributed by atoms with Gasteiger partial charge >= 0.3 is 6.01 Å². The second-order valence-corrected chi connectivity index (χ2v) is 4.20. The van der Waals surface area contributed by atoms with Crippen LogP contribution in [0.1, 0.15) is 11.8 Å². The molecule has 0 aliphatic rings. The average Bonchev–Trinajstić information content (AvgIpc) is 2.79. The normalized spacial score (nSPS) is 10.2. The van der Waals surface area contributed by atoms with Crippen LogP contribution in [0.3, 0.4) is 0 Å². The number of anilines is 2. The fourth-order valence-corrected chi connectivity index (χ4v) is 1.87. The Morgan fingerprint density at radius 2 is 2.29 bits per heavy atom. The van der Waals surface area contributed by atoms with E-state index < -0.39 is 0 Å². The van der Waals surface area contributed by atoms with Crippen LogP contribution < -0.4 is 15.8 Å². The minimum atomic E-state index is 0.150. The van der Waals surface area contributed by atoms with E-state index in [1.54, 1.807) is 11.3 Å². The summed E-state index contributed by atoms with van der Waals surface area (Å²) < 4.78 is 5.18. The summed E-state index contributed by atoms with van der Waals surface area (Å²) in [6.45, 7) is 3.01. The summed E-state index contributed by atoms with van der Waals surface area (Å²) in [5.74, 6) is 0.575. The third-order valence-corrected chi connectivity index (χ3v) is 2.78. The summed E-state index contributed by atoms with van der Waals surface area (Å²) in [6, 6.07) is 4.27. The van der Waals surface area contributed by atoms with E-state index in [0.717, 1.165) is 0 Å². The number of ether oxygens (including phenoxy) is 1. The van der Waals surface area contributed by atoms with E-state index in [9.17, 15) is 0 Å². The highest BCUT2D eigenvalue weighted by Gasteiger charge is 2.04. The first kappa shape index (κ1) is 11.6. The van der Waals surface area contributed by atoms with E-state index in [0.29, 0.717) is 19.1 Å². The van der Waals surface area contributed by atoms with Gasteiger partial charge in [-0.05, 0) is 18.4 Å². The van der Waals surface area contributed by atoms with Gasteiger partial charge in [-0.15, -0.1) is 11.3 Å². The number of hydrogen-bond acceptors (Lipinski definition) is 7. The molecule has 2 rings (SSSR count). The molecule has 0 aromatic carbocycles. The third-order valence-electron chi connectivity index (χ3n) is 1.91. The fourth-order valence-electron chi connectivity index (χ4n) is 1.22. The number of nitrogens with one attached hydrogen (secondary N) is 1. The second-order valence-electron chi connectivity index (χ2n) is 3.17. The van der Waals surface area contributed by atoms with E-state index >= 15 is 0 Å². The number of nitrogens with two attached hydrogens (primary N) is 1. The van der Waals surface area contributed by atoms with Crippen LogP contribution >= 0.6 is 11.3 Å². The van der Waals surface area contributed by atoms with Crippen molar-refractivity contribution in [3.63, 3.8) is 0 Å². The number of nitrogens with zero attached hydrogens (tertiary/aromatic N) is 3. The molecule has 0 bridgehead atoms. The van der Waals surface area contributed by atoms with Crippen LogP contribution in [0.5, 0.6) is 6.01 Å². The van der Waals surface area contributed by atoms with E-state index in [-0.39, 0.29) is 12.0 Å². The van der Waals surface area contributed by atoms with Gasteiger partial charge in [-0.3, -0.25) is 0 Å². The largest absolute Gasteiger partial charge is 0.464 e. The molecule has 0 radical (unpaired) electrons. The van der Waals surface area contributed by atoms with E-state index in [1.165, 1.54) is 4.88 Å². The Balaban J connectivity index is 2.04. The van der Waals surface area contributed by atoms with Gasteiger partial charge < -0.3 is 15.8 Å². The Kier molecular flexibility index (Phi) is 3.71. The molecule has 7 heteroatoms. The second kappa shape index (κ2) is 5.44.